The average Bonchev–Trinajstić information content (AvgIpc) is 2.94. The Kier molecular flexibility index (Phi) is 5.85. The summed E-state index contributed by atoms with van der Waals surface area (Å²) in [6, 6.07) is 6.46. The monoisotopic (exact) mass is 374 g/mol. The summed E-state index contributed by atoms with van der Waals surface area (Å²) in [5.74, 6) is 0.132. The molecule has 0 spiro atoms. The van der Waals surface area contributed by atoms with Gasteiger partial charge in [-0.1, -0.05) is 34.8 Å². The summed E-state index contributed by atoms with van der Waals surface area (Å²) < 4.78 is 5.06. The molecule has 2 aromatic rings. The maximum atomic E-state index is 11.7. The summed E-state index contributed by atoms with van der Waals surface area (Å²) in [6.45, 7) is 0. The molecule has 4 nitrogen and oxygen atoms in total. The first-order valence-corrected chi connectivity index (χ1v) is 7.48. The first-order valence-electron chi connectivity index (χ1n) is 5.94. The maximum absolute atomic E-state index is 11.7. The van der Waals surface area contributed by atoms with Crippen molar-refractivity contribution in [1.82, 2.24) is 5.32 Å². The van der Waals surface area contributed by atoms with Crippen molar-refractivity contribution in [2.45, 2.75) is 0 Å². The molecule has 0 fully saturated rings. The van der Waals surface area contributed by atoms with Gasteiger partial charge in [-0.05, 0) is 42.6 Å². The molecular formula is C14H9Cl3N2O2S. The maximum Gasteiger partial charge on any atom is 0.250 e. The van der Waals surface area contributed by atoms with E-state index in [0.717, 1.165) is 0 Å². The fraction of sp³-hybridized carbons (Fsp3) is 0. The van der Waals surface area contributed by atoms with Gasteiger partial charge in [0, 0.05) is 11.1 Å². The summed E-state index contributed by atoms with van der Waals surface area (Å²) in [5, 5.41) is 6.25. The molecule has 114 valence electrons. The summed E-state index contributed by atoms with van der Waals surface area (Å²) in [4.78, 5) is 11.7. The van der Waals surface area contributed by atoms with Gasteiger partial charge in [0.1, 0.15) is 5.76 Å². The number of hydrogen-bond acceptors (Lipinski definition) is 3. The molecule has 0 bridgehead atoms. The zero-order valence-electron chi connectivity index (χ0n) is 10.9. The Labute approximate surface area is 147 Å². The Bertz CT molecular complexity index is 707. The number of thiocarbonyl (C=S) groups is 1. The minimum Gasteiger partial charge on any atom is -0.465 e. The third-order valence-electron chi connectivity index (χ3n) is 2.42. The van der Waals surface area contributed by atoms with Crippen LogP contribution >= 0.6 is 47.0 Å². The number of nitrogens with one attached hydrogen (secondary N) is 2. The normalized spacial score (nSPS) is 10.7. The summed E-state index contributed by atoms with van der Waals surface area (Å²) in [6.07, 6.45) is 4.31. The zero-order valence-corrected chi connectivity index (χ0v) is 14.0. The quantitative estimate of drug-likeness (QED) is 0.599. The van der Waals surface area contributed by atoms with Gasteiger partial charge in [-0.25, -0.2) is 0 Å². The van der Waals surface area contributed by atoms with Crippen LogP contribution in [-0.2, 0) is 4.79 Å². The molecular weight excluding hydrogens is 367 g/mol. The van der Waals surface area contributed by atoms with E-state index >= 15 is 0 Å². The van der Waals surface area contributed by atoms with Gasteiger partial charge >= 0.3 is 0 Å². The van der Waals surface area contributed by atoms with Crippen LogP contribution in [0, 0.1) is 0 Å². The first-order chi connectivity index (χ1) is 10.5. The highest BCUT2D eigenvalue weighted by atomic mass is 35.5. The van der Waals surface area contributed by atoms with E-state index in [1.807, 2.05) is 0 Å². The molecule has 1 amide bonds. The second-order valence-corrected chi connectivity index (χ2v) is 5.70. The number of anilines is 1. The van der Waals surface area contributed by atoms with Gasteiger partial charge in [0.2, 0.25) is 5.91 Å². The first kappa shape index (κ1) is 16.8. The van der Waals surface area contributed by atoms with Gasteiger partial charge in [0.15, 0.2) is 5.11 Å². The van der Waals surface area contributed by atoms with Crippen molar-refractivity contribution in [3.05, 3.63) is 57.4 Å². The van der Waals surface area contributed by atoms with Gasteiger partial charge in [-0.2, -0.15) is 0 Å². The Hall–Kier alpha value is -1.53. The SMILES string of the molecule is O=C(C=Cc1ccco1)NC(=S)Nc1c(Cl)cc(Cl)cc1Cl. The van der Waals surface area contributed by atoms with Crippen LogP contribution in [0.15, 0.2) is 41.0 Å². The molecule has 1 aromatic heterocycles. The number of benzene rings is 1. The number of carbonyl (C=O) groups excluding carboxylic acids is 1. The molecule has 1 heterocycles. The predicted octanol–water partition coefficient (Wildman–Crippen LogP) is 4.77. The van der Waals surface area contributed by atoms with Crippen LogP contribution in [0.3, 0.4) is 0 Å². The van der Waals surface area contributed by atoms with E-state index in [1.54, 1.807) is 12.1 Å². The molecule has 0 atom stereocenters. The lowest BCUT2D eigenvalue weighted by Crippen LogP contribution is -2.33. The number of amides is 1. The molecule has 22 heavy (non-hydrogen) atoms. The number of rotatable bonds is 3. The fourth-order valence-electron chi connectivity index (χ4n) is 1.50. The molecule has 8 heteroatoms. The Morgan fingerprint density at radius 2 is 1.91 bits per heavy atom. The highest BCUT2D eigenvalue weighted by Crippen LogP contribution is 2.33. The Morgan fingerprint density at radius 1 is 1.23 bits per heavy atom. The van der Waals surface area contributed by atoms with Crippen LogP contribution in [0.5, 0.6) is 0 Å². The van der Waals surface area contributed by atoms with E-state index in [9.17, 15) is 4.79 Å². The van der Waals surface area contributed by atoms with Crippen LogP contribution in [-0.4, -0.2) is 11.0 Å². The molecule has 0 saturated carbocycles. The number of hydrogen-bond donors (Lipinski definition) is 2. The highest BCUT2D eigenvalue weighted by Gasteiger charge is 2.10. The van der Waals surface area contributed by atoms with Crippen molar-refractivity contribution in [2.24, 2.45) is 0 Å². The molecule has 1 aromatic carbocycles. The van der Waals surface area contributed by atoms with E-state index < -0.39 is 5.91 Å². The van der Waals surface area contributed by atoms with Crippen molar-refractivity contribution in [3.8, 4) is 0 Å². The Morgan fingerprint density at radius 3 is 2.50 bits per heavy atom. The van der Waals surface area contributed by atoms with Gasteiger partial charge in [0.05, 0.1) is 22.0 Å². The van der Waals surface area contributed by atoms with Crippen LogP contribution in [0.2, 0.25) is 15.1 Å². The summed E-state index contributed by atoms with van der Waals surface area (Å²) >= 11 is 22.9. The molecule has 0 unspecified atom stereocenters. The van der Waals surface area contributed by atoms with E-state index in [1.165, 1.54) is 30.5 Å². The molecule has 2 rings (SSSR count). The van der Waals surface area contributed by atoms with Crippen molar-refractivity contribution in [3.63, 3.8) is 0 Å². The van der Waals surface area contributed by atoms with Crippen molar-refractivity contribution >= 4 is 69.8 Å². The average molecular weight is 376 g/mol. The summed E-state index contributed by atoms with van der Waals surface area (Å²) in [5.41, 5.74) is 0.369. The van der Waals surface area contributed by atoms with Crippen LogP contribution in [0.1, 0.15) is 5.76 Å². The van der Waals surface area contributed by atoms with Crippen LogP contribution in [0.4, 0.5) is 5.69 Å². The topological polar surface area (TPSA) is 54.3 Å². The van der Waals surface area contributed by atoms with Gasteiger partial charge < -0.3 is 9.73 Å². The van der Waals surface area contributed by atoms with Gasteiger partial charge in [-0.15, -0.1) is 0 Å². The molecule has 0 aliphatic rings. The third kappa shape index (κ3) is 4.74. The van der Waals surface area contributed by atoms with Gasteiger partial charge in [-0.3, -0.25) is 10.1 Å². The van der Waals surface area contributed by atoms with Gasteiger partial charge in [0.25, 0.3) is 0 Å². The molecule has 0 aliphatic heterocycles. The van der Waals surface area contributed by atoms with E-state index in [2.05, 4.69) is 10.6 Å². The minimum atomic E-state index is -0.421. The van der Waals surface area contributed by atoms with Crippen molar-refractivity contribution < 1.29 is 9.21 Å². The largest absolute Gasteiger partial charge is 0.465 e. The van der Waals surface area contributed by atoms with Crippen molar-refractivity contribution in [1.29, 1.82) is 0 Å². The van der Waals surface area contributed by atoms with Crippen LogP contribution in [0.25, 0.3) is 6.08 Å². The zero-order chi connectivity index (χ0) is 16.1. The van der Waals surface area contributed by atoms with Crippen molar-refractivity contribution in [2.75, 3.05) is 5.32 Å². The molecule has 0 saturated heterocycles. The molecule has 0 radical (unpaired) electrons. The smallest absolute Gasteiger partial charge is 0.250 e. The predicted molar refractivity (Wildman–Crippen MR) is 93.6 cm³/mol. The number of furan rings is 1. The molecule has 2 N–H and O–H groups in total. The minimum absolute atomic E-state index is 0.0558. The third-order valence-corrected chi connectivity index (χ3v) is 3.44. The fourth-order valence-corrected chi connectivity index (χ4v) is 2.62. The van der Waals surface area contributed by atoms with E-state index in [0.29, 0.717) is 26.5 Å². The lowest BCUT2D eigenvalue weighted by molar-refractivity contribution is -0.115. The second-order valence-electron chi connectivity index (χ2n) is 4.04. The number of carbonyl (C=O) groups is 1. The summed E-state index contributed by atoms with van der Waals surface area (Å²) in [7, 11) is 0. The van der Waals surface area contributed by atoms with Crippen LogP contribution < -0.4 is 10.6 Å². The van der Waals surface area contributed by atoms with E-state index in [4.69, 9.17) is 51.4 Å². The van der Waals surface area contributed by atoms with E-state index in [-0.39, 0.29) is 5.11 Å². The highest BCUT2D eigenvalue weighted by molar-refractivity contribution is 7.80. The molecule has 0 aliphatic carbocycles. The standard InChI is InChI=1S/C14H9Cl3N2O2S/c15-8-6-10(16)13(11(17)7-8)19-14(22)18-12(20)4-3-9-2-1-5-21-9/h1-7H,(H2,18,19,20,22). The number of halogens is 3. The lowest BCUT2D eigenvalue weighted by atomic mass is 10.3. The lowest BCUT2D eigenvalue weighted by Gasteiger charge is -2.11. The Balaban J connectivity index is 1.97. The second kappa shape index (κ2) is 7.65.